The van der Waals surface area contributed by atoms with Crippen molar-refractivity contribution in [2.24, 2.45) is 0 Å². The maximum Gasteiger partial charge on any atom is 0.164 e. The van der Waals surface area contributed by atoms with Crippen molar-refractivity contribution in [1.29, 1.82) is 0 Å². The molecule has 0 atom stereocenters. The quantitative estimate of drug-likeness (QED) is 0.172. The Morgan fingerprint density at radius 1 is 0.250 bits per heavy atom. The summed E-state index contributed by atoms with van der Waals surface area (Å²) in [5, 5.41) is 9.94. The maximum atomic E-state index is 5.13. The molecule has 0 bridgehead atoms. The molecule has 0 saturated carbocycles. The molecule has 0 unspecified atom stereocenters. The Bertz CT molecular complexity index is 2880. The molecule has 0 amide bonds. The van der Waals surface area contributed by atoms with E-state index in [1.807, 2.05) is 36.4 Å². The van der Waals surface area contributed by atoms with E-state index in [0.717, 1.165) is 33.4 Å². The number of rotatable bonds is 5. The molecule has 0 aliphatic rings. The first kappa shape index (κ1) is 29.9. The van der Waals surface area contributed by atoms with Crippen LogP contribution in [0.1, 0.15) is 0 Å². The molecule has 1 heterocycles. The SMILES string of the molecule is c1ccc(-c2cc(-c3nc(-c4ccccc4)nc(-c4ccccc4)n3)cc(-c3cc4c(ccc5ccc6ccccc6c54)c4ccccc34)c2)cc1. The van der Waals surface area contributed by atoms with Gasteiger partial charge >= 0.3 is 0 Å². The van der Waals surface area contributed by atoms with Crippen molar-refractivity contribution < 1.29 is 0 Å². The van der Waals surface area contributed by atoms with Crippen molar-refractivity contribution in [2.45, 2.75) is 0 Å². The van der Waals surface area contributed by atoms with E-state index in [1.165, 1.54) is 48.7 Å². The predicted molar refractivity (Wildman–Crippen MR) is 217 cm³/mol. The normalized spacial score (nSPS) is 11.5. The predicted octanol–water partition coefficient (Wildman–Crippen LogP) is 12.8. The second kappa shape index (κ2) is 12.4. The van der Waals surface area contributed by atoms with Gasteiger partial charge in [-0.3, -0.25) is 0 Å². The number of fused-ring (bicyclic) bond motifs is 7. The molecule has 10 rings (SSSR count). The van der Waals surface area contributed by atoms with Crippen LogP contribution in [-0.2, 0) is 0 Å². The van der Waals surface area contributed by atoms with Crippen LogP contribution in [0.25, 0.3) is 99.5 Å². The highest BCUT2D eigenvalue weighted by atomic mass is 15.0. The lowest BCUT2D eigenvalue weighted by Crippen LogP contribution is -2.00. The molecule has 52 heavy (non-hydrogen) atoms. The van der Waals surface area contributed by atoms with Crippen molar-refractivity contribution in [3.63, 3.8) is 0 Å². The van der Waals surface area contributed by atoms with Gasteiger partial charge in [0, 0.05) is 16.7 Å². The van der Waals surface area contributed by atoms with Crippen LogP contribution < -0.4 is 0 Å². The molecular formula is C49H31N3. The zero-order valence-corrected chi connectivity index (χ0v) is 28.2. The van der Waals surface area contributed by atoms with E-state index in [9.17, 15) is 0 Å². The third-order valence-electron chi connectivity index (χ3n) is 10.1. The minimum Gasteiger partial charge on any atom is -0.208 e. The Morgan fingerprint density at radius 2 is 0.712 bits per heavy atom. The van der Waals surface area contributed by atoms with E-state index in [0.29, 0.717) is 17.5 Å². The first-order chi connectivity index (χ1) is 25.8. The first-order valence-corrected chi connectivity index (χ1v) is 17.6. The fourth-order valence-corrected chi connectivity index (χ4v) is 7.57. The van der Waals surface area contributed by atoms with Crippen LogP contribution in [0.5, 0.6) is 0 Å². The van der Waals surface area contributed by atoms with E-state index in [4.69, 9.17) is 15.0 Å². The lowest BCUT2D eigenvalue weighted by molar-refractivity contribution is 1.07. The molecule has 0 N–H and O–H groups in total. The van der Waals surface area contributed by atoms with E-state index in [-0.39, 0.29) is 0 Å². The summed E-state index contributed by atoms with van der Waals surface area (Å²) in [5.41, 5.74) is 7.33. The highest BCUT2D eigenvalue weighted by Gasteiger charge is 2.17. The van der Waals surface area contributed by atoms with Gasteiger partial charge in [0.25, 0.3) is 0 Å². The monoisotopic (exact) mass is 661 g/mol. The Morgan fingerprint density at radius 3 is 1.38 bits per heavy atom. The Labute approximate surface area is 301 Å². The molecule has 9 aromatic carbocycles. The molecular weight excluding hydrogens is 631 g/mol. The summed E-state index contributed by atoms with van der Waals surface area (Å²) >= 11 is 0. The lowest BCUT2D eigenvalue weighted by atomic mass is 9.88. The molecule has 0 radical (unpaired) electrons. The largest absolute Gasteiger partial charge is 0.208 e. The number of nitrogens with zero attached hydrogens (tertiary/aromatic N) is 3. The highest BCUT2D eigenvalue weighted by Crippen LogP contribution is 2.42. The maximum absolute atomic E-state index is 5.13. The molecule has 1 aromatic heterocycles. The molecule has 0 spiro atoms. The number of aromatic nitrogens is 3. The zero-order chi connectivity index (χ0) is 34.4. The Balaban J connectivity index is 1.28. The second-order valence-electron chi connectivity index (χ2n) is 13.2. The van der Waals surface area contributed by atoms with Gasteiger partial charge < -0.3 is 0 Å². The Kier molecular flexibility index (Phi) is 7.14. The van der Waals surface area contributed by atoms with Crippen molar-refractivity contribution in [2.75, 3.05) is 0 Å². The highest BCUT2D eigenvalue weighted by molar-refractivity contribution is 6.26. The summed E-state index contributed by atoms with van der Waals surface area (Å²) in [5.74, 6) is 1.92. The summed E-state index contributed by atoms with van der Waals surface area (Å²) in [6.45, 7) is 0. The molecule has 0 aliphatic carbocycles. The second-order valence-corrected chi connectivity index (χ2v) is 13.2. The zero-order valence-electron chi connectivity index (χ0n) is 28.2. The molecule has 0 fully saturated rings. The van der Waals surface area contributed by atoms with Gasteiger partial charge in [-0.15, -0.1) is 0 Å². The third-order valence-corrected chi connectivity index (χ3v) is 10.1. The van der Waals surface area contributed by atoms with Gasteiger partial charge in [-0.25, -0.2) is 15.0 Å². The molecule has 3 nitrogen and oxygen atoms in total. The van der Waals surface area contributed by atoms with Crippen LogP contribution in [-0.4, -0.2) is 15.0 Å². The molecule has 10 aromatic rings. The molecule has 3 heteroatoms. The molecule has 0 saturated heterocycles. The van der Waals surface area contributed by atoms with Gasteiger partial charge in [-0.1, -0.05) is 164 Å². The van der Waals surface area contributed by atoms with Crippen LogP contribution in [0.4, 0.5) is 0 Å². The summed E-state index contributed by atoms with van der Waals surface area (Å²) < 4.78 is 0. The lowest BCUT2D eigenvalue weighted by Gasteiger charge is -2.16. The van der Waals surface area contributed by atoms with Gasteiger partial charge in [0.2, 0.25) is 0 Å². The van der Waals surface area contributed by atoms with Crippen molar-refractivity contribution in [3.8, 4) is 56.4 Å². The molecule has 0 aliphatic heterocycles. The van der Waals surface area contributed by atoms with Crippen LogP contribution in [0, 0.1) is 0 Å². The van der Waals surface area contributed by atoms with Crippen LogP contribution in [0.3, 0.4) is 0 Å². The topological polar surface area (TPSA) is 38.7 Å². The molecule has 242 valence electrons. The summed E-state index contributed by atoms with van der Waals surface area (Å²) in [6, 6.07) is 66.6. The van der Waals surface area contributed by atoms with Crippen LogP contribution >= 0.6 is 0 Å². The fraction of sp³-hybridized carbons (Fsp3) is 0. The van der Waals surface area contributed by atoms with E-state index in [1.54, 1.807) is 0 Å². The average Bonchev–Trinajstić information content (AvgIpc) is 3.23. The van der Waals surface area contributed by atoms with Gasteiger partial charge in [0.1, 0.15) is 0 Å². The number of hydrogen-bond acceptors (Lipinski definition) is 3. The van der Waals surface area contributed by atoms with Gasteiger partial charge in [0.15, 0.2) is 17.5 Å². The Hall–Kier alpha value is -6.97. The van der Waals surface area contributed by atoms with E-state index in [2.05, 4.69) is 152 Å². The van der Waals surface area contributed by atoms with Gasteiger partial charge in [-0.05, 0) is 89.6 Å². The first-order valence-electron chi connectivity index (χ1n) is 17.6. The summed E-state index contributed by atoms with van der Waals surface area (Å²) in [6.07, 6.45) is 0. The summed E-state index contributed by atoms with van der Waals surface area (Å²) in [4.78, 5) is 15.2. The average molecular weight is 662 g/mol. The van der Waals surface area contributed by atoms with Crippen molar-refractivity contribution >= 4 is 43.1 Å². The van der Waals surface area contributed by atoms with Crippen LogP contribution in [0.2, 0.25) is 0 Å². The van der Waals surface area contributed by atoms with Gasteiger partial charge in [-0.2, -0.15) is 0 Å². The van der Waals surface area contributed by atoms with Crippen molar-refractivity contribution in [1.82, 2.24) is 15.0 Å². The fourth-order valence-electron chi connectivity index (χ4n) is 7.57. The van der Waals surface area contributed by atoms with Crippen molar-refractivity contribution in [3.05, 3.63) is 188 Å². The summed E-state index contributed by atoms with van der Waals surface area (Å²) in [7, 11) is 0. The van der Waals surface area contributed by atoms with Crippen LogP contribution in [0.15, 0.2) is 188 Å². The number of hydrogen-bond donors (Lipinski definition) is 0. The number of benzene rings is 9. The minimum absolute atomic E-state index is 0.633. The smallest absolute Gasteiger partial charge is 0.164 e. The standard InChI is InChI=1S/C49H31N3/c1-4-14-32(15-5-1)37-28-38(30-39(29-37)49-51-47(35-17-6-2-7-18-35)50-48(52-49)36-19-8-3-9-20-36)44-31-45-43(41-22-12-13-23-42(41)44)27-26-34-25-24-33-16-10-11-21-40(33)46(34)45/h1-31H. The minimum atomic E-state index is 0.633. The van der Waals surface area contributed by atoms with E-state index < -0.39 is 0 Å². The van der Waals surface area contributed by atoms with E-state index >= 15 is 0 Å². The third kappa shape index (κ3) is 5.19. The van der Waals surface area contributed by atoms with Gasteiger partial charge in [0.05, 0.1) is 0 Å².